The Kier molecular flexibility index (Phi) is 5.00. The monoisotopic (exact) mass is 260 g/mol. The molecule has 2 rings (SSSR count). The lowest BCUT2D eigenvalue weighted by molar-refractivity contribution is 0.170. The normalized spacial score (nSPS) is 27.7. The zero-order chi connectivity index (χ0) is 13.7. The maximum absolute atomic E-state index is 6.58. The first-order valence-corrected chi connectivity index (χ1v) is 7.59. The lowest BCUT2D eigenvalue weighted by Gasteiger charge is -2.39. The van der Waals surface area contributed by atoms with Crippen molar-refractivity contribution in [2.75, 3.05) is 20.1 Å². The summed E-state index contributed by atoms with van der Waals surface area (Å²) in [6, 6.07) is 10.7. The van der Waals surface area contributed by atoms with Crippen LogP contribution in [0.15, 0.2) is 30.3 Å². The second-order valence-corrected chi connectivity index (χ2v) is 6.54. The molecule has 0 radical (unpaired) electrons. The highest BCUT2D eigenvalue weighted by molar-refractivity contribution is 5.14. The van der Waals surface area contributed by atoms with Crippen molar-refractivity contribution in [2.24, 2.45) is 11.7 Å². The minimum atomic E-state index is 0.0447. The van der Waals surface area contributed by atoms with E-state index in [-0.39, 0.29) is 5.54 Å². The van der Waals surface area contributed by atoms with E-state index in [2.05, 4.69) is 49.2 Å². The molecule has 0 heterocycles. The molecule has 2 N–H and O–H groups in total. The highest BCUT2D eigenvalue weighted by Gasteiger charge is 2.31. The minimum absolute atomic E-state index is 0.0447. The first-order chi connectivity index (χ1) is 9.07. The third-order valence-corrected chi connectivity index (χ3v) is 4.34. The number of benzene rings is 1. The molecule has 19 heavy (non-hydrogen) atoms. The highest BCUT2D eigenvalue weighted by atomic mass is 15.1. The van der Waals surface area contributed by atoms with Gasteiger partial charge in [-0.05, 0) is 37.8 Å². The predicted molar refractivity (Wildman–Crippen MR) is 82.2 cm³/mol. The van der Waals surface area contributed by atoms with Gasteiger partial charge < -0.3 is 10.6 Å². The Morgan fingerprint density at radius 3 is 2.74 bits per heavy atom. The van der Waals surface area contributed by atoms with E-state index in [1.165, 1.54) is 31.2 Å². The number of rotatable bonds is 5. The van der Waals surface area contributed by atoms with Crippen molar-refractivity contribution in [3.63, 3.8) is 0 Å². The fourth-order valence-corrected chi connectivity index (χ4v) is 3.43. The third-order valence-electron chi connectivity index (χ3n) is 4.34. The molecule has 1 saturated carbocycles. The van der Waals surface area contributed by atoms with Crippen LogP contribution in [-0.4, -0.2) is 30.6 Å². The Morgan fingerprint density at radius 2 is 2.05 bits per heavy atom. The number of nitrogens with two attached hydrogens (primary N) is 1. The SMILES string of the molecule is CC1CCCC(N)(CN(C)CCc2ccccc2)C1. The molecule has 1 aromatic rings. The van der Waals surface area contributed by atoms with Crippen molar-refractivity contribution in [3.8, 4) is 0 Å². The number of hydrogen-bond donors (Lipinski definition) is 1. The molecule has 0 saturated heterocycles. The first-order valence-electron chi connectivity index (χ1n) is 7.59. The summed E-state index contributed by atoms with van der Waals surface area (Å²) in [7, 11) is 2.21. The summed E-state index contributed by atoms with van der Waals surface area (Å²) < 4.78 is 0. The molecule has 0 bridgehead atoms. The van der Waals surface area contributed by atoms with Gasteiger partial charge >= 0.3 is 0 Å². The summed E-state index contributed by atoms with van der Waals surface area (Å²) in [6.45, 7) is 4.46. The van der Waals surface area contributed by atoms with Crippen LogP contribution in [-0.2, 0) is 6.42 Å². The Labute approximate surface area is 118 Å². The fourth-order valence-electron chi connectivity index (χ4n) is 3.43. The van der Waals surface area contributed by atoms with Gasteiger partial charge in [-0.15, -0.1) is 0 Å². The maximum Gasteiger partial charge on any atom is 0.0285 e. The van der Waals surface area contributed by atoms with Crippen LogP contribution in [0.25, 0.3) is 0 Å². The molecule has 0 amide bonds. The Hall–Kier alpha value is -0.860. The number of nitrogens with zero attached hydrogens (tertiary/aromatic N) is 1. The van der Waals surface area contributed by atoms with Crippen LogP contribution in [0.4, 0.5) is 0 Å². The van der Waals surface area contributed by atoms with Gasteiger partial charge in [0, 0.05) is 18.6 Å². The molecular formula is C17H28N2. The van der Waals surface area contributed by atoms with Crippen molar-refractivity contribution in [1.29, 1.82) is 0 Å². The van der Waals surface area contributed by atoms with E-state index in [0.29, 0.717) is 0 Å². The summed E-state index contributed by atoms with van der Waals surface area (Å²) in [5, 5.41) is 0. The summed E-state index contributed by atoms with van der Waals surface area (Å²) in [4.78, 5) is 2.41. The van der Waals surface area contributed by atoms with E-state index in [1.54, 1.807) is 0 Å². The Balaban J connectivity index is 1.79. The quantitative estimate of drug-likeness (QED) is 0.881. The standard InChI is InChI=1S/C17H28N2/c1-15-7-6-11-17(18,13-15)14-19(2)12-10-16-8-4-3-5-9-16/h3-5,8-9,15H,6-7,10-14,18H2,1-2H3. The lowest BCUT2D eigenvalue weighted by atomic mass is 9.77. The van der Waals surface area contributed by atoms with Crippen molar-refractivity contribution in [2.45, 2.75) is 44.6 Å². The molecule has 0 aromatic heterocycles. The highest BCUT2D eigenvalue weighted by Crippen LogP contribution is 2.30. The van der Waals surface area contributed by atoms with Gasteiger partial charge in [0.2, 0.25) is 0 Å². The van der Waals surface area contributed by atoms with Crippen LogP contribution in [0.5, 0.6) is 0 Å². The Morgan fingerprint density at radius 1 is 1.32 bits per heavy atom. The topological polar surface area (TPSA) is 29.3 Å². The average Bonchev–Trinajstić information content (AvgIpc) is 2.37. The minimum Gasteiger partial charge on any atom is -0.324 e. The van der Waals surface area contributed by atoms with Crippen LogP contribution in [0.1, 0.15) is 38.2 Å². The molecule has 2 nitrogen and oxygen atoms in total. The molecule has 1 fully saturated rings. The predicted octanol–water partition coefficient (Wildman–Crippen LogP) is 3.07. The molecule has 1 aromatic carbocycles. The van der Waals surface area contributed by atoms with Gasteiger partial charge in [-0.2, -0.15) is 0 Å². The van der Waals surface area contributed by atoms with E-state index in [0.717, 1.165) is 25.4 Å². The molecule has 2 unspecified atom stereocenters. The van der Waals surface area contributed by atoms with Gasteiger partial charge in [0.05, 0.1) is 0 Å². The molecule has 0 spiro atoms. The van der Waals surface area contributed by atoms with E-state index in [1.807, 2.05) is 0 Å². The van der Waals surface area contributed by atoms with E-state index in [9.17, 15) is 0 Å². The van der Waals surface area contributed by atoms with E-state index in [4.69, 9.17) is 5.73 Å². The van der Waals surface area contributed by atoms with Gasteiger partial charge in [-0.1, -0.05) is 50.1 Å². The van der Waals surface area contributed by atoms with Gasteiger partial charge in [-0.25, -0.2) is 0 Å². The van der Waals surface area contributed by atoms with E-state index >= 15 is 0 Å². The van der Waals surface area contributed by atoms with Gasteiger partial charge in [0.1, 0.15) is 0 Å². The molecular weight excluding hydrogens is 232 g/mol. The number of hydrogen-bond acceptors (Lipinski definition) is 2. The van der Waals surface area contributed by atoms with Crippen molar-refractivity contribution >= 4 is 0 Å². The van der Waals surface area contributed by atoms with Crippen LogP contribution in [0, 0.1) is 5.92 Å². The Bertz CT molecular complexity index is 376. The second kappa shape index (κ2) is 6.53. The number of likely N-dealkylation sites (N-methyl/N-ethyl adjacent to an activating group) is 1. The third kappa shape index (κ3) is 4.63. The molecule has 2 heteroatoms. The molecule has 1 aliphatic rings. The summed E-state index contributed by atoms with van der Waals surface area (Å²) in [6.07, 6.45) is 6.13. The van der Waals surface area contributed by atoms with Crippen molar-refractivity contribution < 1.29 is 0 Å². The van der Waals surface area contributed by atoms with Crippen LogP contribution >= 0.6 is 0 Å². The average molecular weight is 260 g/mol. The zero-order valence-electron chi connectivity index (χ0n) is 12.4. The van der Waals surface area contributed by atoms with Crippen molar-refractivity contribution in [1.82, 2.24) is 4.90 Å². The second-order valence-electron chi connectivity index (χ2n) is 6.54. The summed E-state index contributed by atoms with van der Waals surface area (Å²) in [5.74, 6) is 0.793. The largest absolute Gasteiger partial charge is 0.324 e. The molecule has 0 aliphatic heterocycles. The zero-order valence-corrected chi connectivity index (χ0v) is 12.4. The molecule has 106 valence electrons. The van der Waals surface area contributed by atoms with Crippen LogP contribution in [0.2, 0.25) is 0 Å². The lowest BCUT2D eigenvalue weighted by Crippen LogP contribution is -2.52. The smallest absolute Gasteiger partial charge is 0.0285 e. The first kappa shape index (κ1) is 14.5. The molecule has 2 atom stereocenters. The molecule has 1 aliphatic carbocycles. The van der Waals surface area contributed by atoms with Crippen molar-refractivity contribution in [3.05, 3.63) is 35.9 Å². The van der Waals surface area contributed by atoms with Crippen LogP contribution < -0.4 is 5.73 Å². The van der Waals surface area contributed by atoms with E-state index < -0.39 is 0 Å². The van der Waals surface area contributed by atoms with Gasteiger partial charge in [0.15, 0.2) is 0 Å². The van der Waals surface area contributed by atoms with Gasteiger partial charge in [0.25, 0.3) is 0 Å². The fraction of sp³-hybridized carbons (Fsp3) is 0.647. The summed E-state index contributed by atoms with van der Waals surface area (Å²) >= 11 is 0. The van der Waals surface area contributed by atoms with Gasteiger partial charge in [-0.3, -0.25) is 0 Å². The summed E-state index contributed by atoms with van der Waals surface area (Å²) in [5.41, 5.74) is 8.04. The maximum atomic E-state index is 6.58. The van der Waals surface area contributed by atoms with Crippen LogP contribution in [0.3, 0.4) is 0 Å².